The van der Waals surface area contributed by atoms with Crippen molar-refractivity contribution < 1.29 is 0 Å². The first-order valence-electron chi connectivity index (χ1n) is 2.90. The van der Waals surface area contributed by atoms with Crippen LogP contribution in [0.25, 0.3) is 11.0 Å². The molecule has 11 heavy (non-hydrogen) atoms. The van der Waals surface area contributed by atoms with Gasteiger partial charge in [0.05, 0.1) is 6.33 Å². The second-order valence-electron chi connectivity index (χ2n) is 2.00. The highest BCUT2D eigenvalue weighted by Gasteiger charge is 2.06. The highest BCUT2D eigenvalue weighted by molar-refractivity contribution is 6.33. The van der Waals surface area contributed by atoms with E-state index in [1.165, 1.54) is 6.33 Å². The van der Waals surface area contributed by atoms with Gasteiger partial charge >= 0.3 is 0 Å². The molecule has 2 rings (SSSR count). The zero-order valence-corrected chi connectivity index (χ0v) is 6.13. The maximum absolute atomic E-state index is 5.66. The molecule has 2 heterocycles. The molecule has 0 bridgehead atoms. The van der Waals surface area contributed by atoms with E-state index in [1.807, 2.05) is 0 Å². The van der Waals surface area contributed by atoms with Gasteiger partial charge in [-0.15, -0.1) is 10.2 Å². The van der Waals surface area contributed by atoms with E-state index in [1.54, 1.807) is 0 Å². The van der Waals surface area contributed by atoms with Crippen LogP contribution in [0, 0.1) is 0 Å². The average molecular weight is 170 g/mol. The Morgan fingerprint density at radius 2 is 2.27 bits per heavy atom. The van der Waals surface area contributed by atoms with E-state index in [9.17, 15) is 0 Å². The van der Waals surface area contributed by atoms with Crippen molar-refractivity contribution in [1.82, 2.24) is 20.2 Å². The molecule has 2 aromatic rings. The summed E-state index contributed by atoms with van der Waals surface area (Å²) in [6.45, 7) is 0. The smallest absolute Gasteiger partial charge is 0.179 e. The lowest BCUT2D eigenvalue weighted by Gasteiger charge is -1.92. The van der Waals surface area contributed by atoms with Crippen LogP contribution in [0.15, 0.2) is 6.33 Å². The summed E-state index contributed by atoms with van der Waals surface area (Å²) in [6, 6.07) is 0. The standard InChI is InChI=1S/C5H4ClN5/c6-4-2-3(9-1-8-2)5(7)11-10-4/h1H,(H2,7,11)(H,8,9). The van der Waals surface area contributed by atoms with Crippen LogP contribution >= 0.6 is 11.6 Å². The SMILES string of the molecule is Nc1nnc(Cl)c2nc[nH]c12. The number of halogens is 1. The molecule has 0 amide bonds. The minimum Gasteiger partial charge on any atom is -0.380 e. The van der Waals surface area contributed by atoms with Crippen LogP contribution < -0.4 is 5.73 Å². The number of H-pyrrole nitrogens is 1. The Balaban J connectivity index is 2.96. The van der Waals surface area contributed by atoms with Crippen molar-refractivity contribution >= 4 is 28.5 Å². The minimum atomic E-state index is 0.260. The molecule has 5 nitrogen and oxygen atoms in total. The van der Waals surface area contributed by atoms with Gasteiger partial charge in [0.2, 0.25) is 0 Å². The molecular weight excluding hydrogens is 166 g/mol. The van der Waals surface area contributed by atoms with Crippen LogP contribution in [0.5, 0.6) is 0 Å². The zero-order valence-electron chi connectivity index (χ0n) is 5.37. The number of nitrogens with two attached hydrogens (primary N) is 1. The molecular formula is C5H4ClN5. The first-order valence-corrected chi connectivity index (χ1v) is 3.27. The lowest BCUT2D eigenvalue weighted by molar-refractivity contribution is 1.06. The van der Waals surface area contributed by atoms with E-state index < -0.39 is 0 Å². The van der Waals surface area contributed by atoms with Gasteiger partial charge in [0, 0.05) is 0 Å². The van der Waals surface area contributed by atoms with E-state index in [-0.39, 0.29) is 5.15 Å². The van der Waals surface area contributed by atoms with Crippen LogP contribution in [0.1, 0.15) is 0 Å². The Kier molecular flexibility index (Phi) is 1.19. The average Bonchev–Trinajstić information content (AvgIpc) is 2.45. The molecule has 0 fully saturated rings. The van der Waals surface area contributed by atoms with Crippen LogP contribution in [-0.4, -0.2) is 20.2 Å². The largest absolute Gasteiger partial charge is 0.380 e. The second-order valence-corrected chi connectivity index (χ2v) is 2.36. The number of imidazole rings is 1. The lowest BCUT2D eigenvalue weighted by atomic mass is 10.4. The van der Waals surface area contributed by atoms with Gasteiger partial charge < -0.3 is 10.7 Å². The van der Waals surface area contributed by atoms with E-state index in [4.69, 9.17) is 17.3 Å². The molecule has 2 aromatic heterocycles. The third kappa shape index (κ3) is 0.813. The molecule has 6 heteroatoms. The number of rotatable bonds is 0. The van der Waals surface area contributed by atoms with Crippen molar-refractivity contribution in [1.29, 1.82) is 0 Å². The third-order valence-electron chi connectivity index (χ3n) is 1.34. The minimum absolute atomic E-state index is 0.260. The Morgan fingerprint density at radius 3 is 3.00 bits per heavy atom. The van der Waals surface area contributed by atoms with E-state index in [0.717, 1.165) is 0 Å². The second kappa shape index (κ2) is 2.06. The zero-order chi connectivity index (χ0) is 7.84. The molecule has 3 N–H and O–H groups in total. The van der Waals surface area contributed by atoms with Crippen LogP contribution in [0.4, 0.5) is 5.82 Å². The summed E-state index contributed by atoms with van der Waals surface area (Å²) in [7, 11) is 0. The molecule has 0 aromatic carbocycles. The topological polar surface area (TPSA) is 80.5 Å². The summed E-state index contributed by atoms with van der Waals surface area (Å²) in [5.74, 6) is 0.307. The number of aromatic amines is 1. The van der Waals surface area contributed by atoms with Crippen molar-refractivity contribution in [3.05, 3.63) is 11.5 Å². The van der Waals surface area contributed by atoms with Gasteiger partial charge in [-0.25, -0.2) is 4.98 Å². The quantitative estimate of drug-likeness (QED) is 0.605. The molecule has 0 unspecified atom stereocenters. The van der Waals surface area contributed by atoms with Gasteiger partial charge in [-0.1, -0.05) is 11.6 Å². The molecule has 0 spiro atoms. The van der Waals surface area contributed by atoms with Crippen molar-refractivity contribution in [3.63, 3.8) is 0 Å². The first-order chi connectivity index (χ1) is 5.29. The fourth-order valence-corrected chi connectivity index (χ4v) is 1.02. The molecule has 0 aliphatic rings. The summed E-state index contributed by atoms with van der Waals surface area (Å²) >= 11 is 5.66. The number of nitrogens with one attached hydrogen (secondary N) is 1. The fourth-order valence-electron chi connectivity index (χ4n) is 0.841. The van der Waals surface area contributed by atoms with Crippen molar-refractivity contribution in [2.45, 2.75) is 0 Å². The number of hydrogen-bond donors (Lipinski definition) is 2. The number of nitrogen functional groups attached to an aromatic ring is 1. The van der Waals surface area contributed by atoms with Gasteiger partial charge in [-0.2, -0.15) is 0 Å². The van der Waals surface area contributed by atoms with Gasteiger partial charge in [-0.3, -0.25) is 0 Å². The van der Waals surface area contributed by atoms with E-state index >= 15 is 0 Å². The number of fused-ring (bicyclic) bond motifs is 1. The summed E-state index contributed by atoms with van der Waals surface area (Å²) in [5, 5.41) is 7.45. The molecule has 0 radical (unpaired) electrons. The Hall–Kier alpha value is -1.36. The molecule has 0 aliphatic heterocycles. The summed E-state index contributed by atoms with van der Waals surface area (Å²) in [5.41, 5.74) is 6.65. The third-order valence-corrected chi connectivity index (χ3v) is 1.59. The predicted molar refractivity (Wildman–Crippen MR) is 41.1 cm³/mol. The van der Waals surface area contributed by atoms with Gasteiger partial charge in [0.1, 0.15) is 11.0 Å². The van der Waals surface area contributed by atoms with Gasteiger partial charge in [0.25, 0.3) is 0 Å². The number of hydrogen-bond acceptors (Lipinski definition) is 4. The summed E-state index contributed by atoms with van der Waals surface area (Å²) in [4.78, 5) is 6.71. The highest BCUT2D eigenvalue weighted by Crippen LogP contribution is 2.19. The first kappa shape index (κ1) is 6.36. The van der Waals surface area contributed by atoms with Crippen LogP contribution in [0.3, 0.4) is 0 Å². The van der Waals surface area contributed by atoms with Crippen LogP contribution in [0.2, 0.25) is 5.15 Å². The van der Waals surface area contributed by atoms with Gasteiger partial charge in [0.15, 0.2) is 11.0 Å². The summed E-state index contributed by atoms with van der Waals surface area (Å²) < 4.78 is 0. The van der Waals surface area contributed by atoms with Crippen LogP contribution in [-0.2, 0) is 0 Å². The number of aromatic nitrogens is 4. The summed E-state index contributed by atoms with van der Waals surface area (Å²) in [6.07, 6.45) is 1.50. The van der Waals surface area contributed by atoms with Gasteiger partial charge in [-0.05, 0) is 0 Å². The van der Waals surface area contributed by atoms with Crippen molar-refractivity contribution in [2.24, 2.45) is 0 Å². The Morgan fingerprint density at radius 1 is 1.45 bits per heavy atom. The fraction of sp³-hybridized carbons (Fsp3) is 0. The molecule has 0 saturated carbocycles. The highest BCUT2D eigenvalue weighted by atomic mass is 35.5. The molecule has 56 valence electrons. The van der Waals surface area contributed by atoms with E-state index in [0.29, 0.717) is 16.9 Å². The molecule has 0 atom stereocenters. The lowest BCUT2D eigenvalue weighted by Crippen LogP contribution is -1.94. The monoisotopic (exact) mass is 169 g/mol. The maximum atomic E-state index is 5.66. The van der Waals surface area contributed by atoms with Crippen molar-refractivity contribution in [3.8, 4) is 0 Å². The Labute approximate surface area is 66.6 Å². The molecule has 0 aliphatic carbocycles. The van der Waals surface area contributed by atoms with E-state index in [2.05, 4.69) is 20.2 Å². The number of anilines is 1. The Bertz CT molecular complexity index is 359. The predicted octanol–water partition coefficient (Wildman–Crippen LogP) is 0.588. The maximum Gasteiger partial charge on any atom is 0.179 e. The number of nitrogens with zero attached hydrogens (tertiary/aromatic N) is 3. The van der Waals surface area contributed by atoms with Crippen molar-refractivity contribution in [2.75, 3.05) is 5.73 Å². The molecule has 0 saturated heterocycles. The normalized spacial score (nSPS) is 10.6.